The zero-order chi connectivity index (χ0) is 73.4. The molecule has 0 bridgehead atoms. The standard InChI is InChI=1S/C70H108ClF3N12O12/c1-16-32-69(8)68(98)84(15)60(44(5)6)67(97)83(14)54(65(95)85-33-22-19-23-34-85)39-56(88)81(12)52(36-43(3)4)61(91)76-59(45(7)17-2)66(96)80(11)41-57(89)78(9)42-58(90)82(13)53(38-46-25-20-18-21-26-46)64(94)79(10)40-55(87)75-50(63(93)86-35-24-27-51(86)62(92)77-69)31-29-47-28-30-48(49(71)37-47)70(72,73)74/h16,28,30,37,43-46,50-54,59-60H,1,17-27,29,31-36,38-42H2,2-15H3,(H,75,87)(H,76,91)(H,77,92)/t45-,50-,51-,52-,53-,54-,59-,60-,69-/m0/s1. The highest BCUT2D eigenvalue weighted by atomic mass is 35.5. The van der Waals surface area contributed by atoms with Gasteiger partial charge >= 0.3 is 6.18 Å². The summed E-state index contributed by atoms with van der Waals surface area (Å²) in [7, 11) is 9.70. The summed E-state index contributed by atoms with van der Waals surface area (Å²) >= 11 is 6.13. The Morgan fingerprint density at radius 3 is 1.87 bits per heavy atom. The second-order valence-electron chi connectivity index (χ2n) is 28.6. The summed E-state index contributed by atoms with van der Waals surface area (Å²) < 4.78 is 41.5. The summed E-state index contributed by atoms with van der Waals surface area (Å²) in [4.78, 5) is 188. The SMILES string of the molecule is C=CC[C@]1(C)NC(=O)[C@@H]2CCCN2C(=O)[C@H](CCc2ccc(C(F)(F)F)c(Cl)c2)NC(=O)CN(C)C(=O)[C@H](CC2CCCCC2)N(C)C(=O)CN(C)C(=O)CN(C)C(=O)[C@H]([C@@H](C)CC)NC(=O)[C@H](CC(C)C)N(C)C(=O)C[C@@H](C(=O)N2CCCCC2)N(C)C(=O)[C@H](C(C)C)N(C)C1=O. The zero-order valence-electron chi connectivity index (χ0n) is 60.1. The number of fused-ring (bicyclic) bond motifs is 1. The van der Waals surface area contributed by atoms with Crippen molar-refractivity contribution in [3.63, 3.8) is 0 Å². The second-order valence-corrected chi connectivity index (χ2v) is 29.0. The molecule has 0 radical (unpaired) electrons. The maximum Gasteiger partial charge on any atom is 0.417 e. The Balaban J connectivity index is 1.62. The van der Waals surface area contributed by atoms with Crippen LogP contribution in [0.5, 0.6) is 0 Å². The van der Waals surface area contributed by atoms with Crippen molar-refractivity contribution in [3.05, 3.63) is 47.0 Å². The quantitative estimate of drug-likeness (QED) is 0.206. The van der Waals surface area contributed by atoms with Gasteiger partial charge in [-0.05, 0) is 112 Å². The van der Waals surface area contributed by atoms with Gasteiger partial charge in [0, 0.05) is 69.0 Å². The largest absolute Gasteiger partial charge is 0.417 e. The number of hydrogen-bond acceptors (Lipinski definition) is 12. The fourth-order valence-corrected chi connectivity index (χ4v) is 14.1. The highest BCUT2D eigenvalue weighted by molar-refractivity contribution is 6.31. The Bertz CT molecular complexity index is 3050. The van der Waals surface area contributed by atoms with Gasteiger partial charge in [-0.25, -0.2) is 0 Å². The molecule has 12 amide bonds. The van der Waals surface area contributed by atoms with Crippen molar-refractivity contribution >= 4 is 82.5 Å². The number of carbonyl (C=O) groups excluding carboxylic acids is 12. The summed E-state index contributed by atoms with van der Waals surface area (Å²) in [6, 6.07) is -5.92. The van der Waals surface area contributed by atoms with E-state index in [4.69, 9.17) is 11.6 Å². The first-order valence-electron chi connectivity index (χ1n) is 34.7. The molecule has 5 rings (SSSR count). The topological polar surface area (TPSA) is 270 Å². The third-order valence-corrected chi connectivity index (χ3v) is 20.4. The minimum atomic E-state index is -4.77. The van der Waals surface area contributed by atoms with Crippen molar-refractivity contribution in [2.24, 2.45) is 23.7 Å². The molecule has 9 atom stereocenters. The van der Waals surface area contributed by atoms with Crippen LogP contribution in [0.2, 0.25) is 5.02 Å². The van der Waals surface area contributed by atoms with E-state index in [0.717, 1.165) is 70.3 Å². The third kappa shape index (κ3) is 21.1. The van der Waals surface area contributed by atoms with Crippen molar-refractivity contribution in [1.29, 1.82) is 0 Å². The number of piperidine rings is 1. The molecule has 548 valence electrons. The normalized spacial score (nSPS) is 26.4. The summed E-state index contributed by atoms with van der Waals surface area (Å²) in [6.45, 7) is 14.9. The van der Waals surface area contributed by atoms with Crippen molar-refractivity contribution in [1.82, 2.24) is 60.0 Å². The van der Waals surface area contributed by atoms with Crippen molar-refractivity contribution < 1.29 is 70.7 Å². The molecular weight excluding hydrogens is 1290 g/mol. The molecule has 1 aliphatic carbocycles. The lowest BCUT2D eigenvalue weighted by molar-refractivity contribution is -0.156. The maximum atomic E-state index is 15.3. The molecule has 3 aliphatic heterocycles. The highest BCUT2D eigenvalue weighted by Crippen LogP contribution is 2.36. The Hall–Kier alpha value is -7.32. The molecular formula is C70H108ClF3N12O12. The van der Waals surface area contributed by atoms with Crippen LogP contribution in [-0.4, -0.2) is 251 Å². The maximum absolute atomic E-state index is 15.3. The van der Waals surface area contributed by atoms with Crippen LogP contribution in [0, 0.1) is 23.7 Å². The van der Waals surface area contributed by atoms with E-state index in [0.29, 0.717) is 32.4 Å². The number of likely N-dealkylation sites (tertiary alicyclic amines) is 1. The van der Waals surface area contributed by atoms with Crippen LogP contribution < -0.4 is 16.0 Å². The fraction of sp³-hybridized carbons (Fsp3) is 0.714. The number of amides is 12. The molecule has 1 aromatic carbocycles. The lowest BCUT2D eigenvalue weighted by Gasteiger charge is -2.41. The number of halogens is 4. The first-order valence-corrected chi connectivity index (χ1v) is 35.0. The van der Waals surface area contributed by atoms with E-state index >= 15 is 14.4 Å². The van der Waals surface area contributed by atoms with Crippen LogP contribution in [0.3, 0.4) is 0 Å². The lowest BCUT2D eigenvalue weighted by Crippen LogP contribution is -2.64. The summed E-state index contributed by atoms with van der Waals surface area (Å²) in [5.41, 5.74) is -2.65. The first-order chi connectivity index (χ1) is 45.9. The van der Waals surface area contributed by atoms with Crippen LogP contribution in [0.1, 0.15) is 162 Å². The summed E-state index contributed by atoms with van der Waals surface area (Å²) in [5, 5.41) is 7.87. The third-order valence-electron chi connectivity index (χ3n) is 20.1. The van der Waals surface area contributed by atoms with E-state index in [1.54, 1.807) is 25.7 Å². The molecule has 3 saturated heterocycles. The van der Waals surface area contributed by atoms with Crippen LogP contribution in [0.15, 0.2) is 30.9 Å². The second kappa shape index (κ2) is 36.1. The molecule has 28 heteroatoms. The number of carbonyl (C=O) groups is 12. The van der Waals surface area contributed by atoms with Gasteiger partial charge < -0.3 is 60.0 Å². The van der Waals surface area contributed by atoms with Crippen molar-refractivity contribution in [2.75, 3.05) is 88.6 Å². The number of hydrogen-bond donors (Lipinski definition) is 3. The van der Waals surface area contributed by atoms with Gasteiger partial charge in [-0.3, -0.25) is 57.5 Å². The minimum Gasteiger partial charge on any atom is -0.343 e. The Labute approximate surface area is 581 Å². The molecule has 4 fully saturated rings. The van der Waals surface area contributed by atoms with Gasteiger partial charge in [0.25, 0.3) is 0 Å². The number of alkyl halides is 3. The predicted octanol–water partition coefficient (Wildman–Crippen LogP) is 5.52. The minimum absolute atomic E-state index is 0.00518. The number of nitrogens with zero attached hydrogens (tertiary/aromatic N) is 9. The zero-order valence-corrected chi connectivity index (χ0v) is 60.8. The molecule has 98 heavy (non-hydrogen) atoms. The lowest BCUT2D eigenvalue weighted by atomic mass is 9.84. The van der Waals surface area contributed by atoms with Gasteiger partial charge in [-0.2, -0.15) is 13.2 Å². The van der Waals surface area contributed by atoms with E-state index in [-0.39, 0.29) is 68.9 Å². The van der Waals surface area contributed by atoms with Crippen LogP contribution in [-0.2, 0) is 70.1 Å². The fourth-order valence-electron chi connectivity index (χ4n) is 13.8. The van der Waals surface area contributed by atoms with E-state index in [1.165, 1.54) is 88.0 Å². The predicted molar refractivity (Wildman–Crippen MR) is 364 cm³/mol. The first kappa shape index (κ1) is 81.4. The van der Waals surface area contributed by atoms with Gasteiger partial charge in [0.15, 0.2) is 0 Å². The Kier molecular flexibility index (Phi) is 30.0. The van der Waals surface area contributed by atoms with Gasteiger partial charge in [0.2, 0.25) is 70.9 Å². The van der Waals surface area contributed by atoms with E-state index in [9.17, 15) is 56.3 Å². The highest BCUT2D eigenvalue weighted by Gasteiger charge is 2.48. The van der Waals surface area contributed by atoms with Crippen molar-refractivity contribution in [3.8, 4) is 0 Å². The monoisotopic (exact) mass is 1400 g/mol. The summed E-state index contributed by atoms with van der Waals surface area (Å²) in [5.74, 6) is -9.66. The summed E-state index contributed by atoms with van der Waals surface area (Å²) in [6.07, 6.45) is 3.09. The molecule has 1 saturated carbocycles. The number of aryl methyl sites for hydroxylation is 1. The Morgan fingerprint density at radius 2 is 1.29 bits per heavy atom. The van der Waals surface area contributed by atoms with Crippen LogP contribution in [0.25, 0.3) is 0 Å². The smallest absolute Gasteiger partial charge is 0.343 e. The molecule has 24 nitrogen and oxygen atoms in total. The van der Waals surface area contributed by atoms with E-state index in [2.05, 4.69) is 22.5 Å². The number of likely N-dealkylation sites (N-methyl/N-ethyl adjacent to an activating group) is 7. The van der Waals surface area contributed by atoms with Crippen LogP contribution >= 0.6 is 11.6 Å². The van der Waals surface area contributed by atoms with Crippen molar-refractivity contribution in [2.45, 2.75) is 212 Å². The molecule has 0 spiro atoms. The molecule has 3 heterocycles. The molecule has 4 aliphatic rings. The Morgan fingerprint density at radius 1 is 0.684 bits per heavy atom. The van der Waals surface area contributed by atoms with Crippen LogP contribution in [0.4, 0.5) is 13.2 Å². The van der Waals surface area contributed by atoms with Gasteiger partial charge in [-0.15, -0.1) is 6.58 Å². The molecule has 3 N–H and O–H groups in total. The average Bonchev–Trinajstić information content (AvgIpc) is 0.833. The van der Waals surface area contributed by atoms with E-state index in [1.807, 2.05) is 20.8 Å². The number of benzene rings is 1. The van der Waals surface area contributed by atoms with Gasteiger partial charge in [0.1, 0.15) is 47.8 Å². The van der Waals surface area contributed by atoms with Gasteiger partial charge in [0.05, 0.1) is 36.6 Å². The molecule has 1 aromatic rings. The van der Waals surface area contributed by atoms with E-state index < -0.39 is 173 Å². The number of rotatable bonds is 13. The number of nitrogens with one attached hydrogen (secondary N) is 3. The molecule has 0 unspecified atom stereocenters. The molecule has 0 aromatic heterocycles. The average molecular weight is 1400 g/mol. The van der Waals surface area contributed by atoms with Gasteiger partial charge in [-0.1, -0.05) is 104 Å².